The normalized spacial score (nSPS) is 19.0. The van der Waals surface area contributed by atoms with E-state index in [0.717, 1.165) is 37.0 Å². The van der Waals surface area contributed by atoms with Gasteiger partial charge in [-0.3, -0.25) is 9.59 Å². The van der Waals surface area contributed by atoms with Crippen molar-refractivity contribution in [2.45, 2.75) is 77.5 Å². The highest BCUT2D eigenvalue weighted by Gasteiger charge is 2.33. The lowest BCUT2D eigenvalue weighted by atomic mass is 10.1. The zero-order valence-corrected chi connectivity index (χ0v) is 21.8. The number of nitrogens with one attached hydrogen (secondary N) is 2. The second-order valence-electron chi connectivity index (χ2n) is 10.4. The van der Waals surface area contributed by atoms with Crippen molar-refractivity contribution in [3.05, 3.63) is 28.5 Å². The number of alkyl halides is 2. The number of amides is 2. The summed E-state index contributed by atoms with van der Waals surface area (Å²) in [5.74, 6) is -0.112. The predicted octanol–water partition coefficient (Wildman–Crippen LogP) is 4.48. The van der Waals surface area contributed by atoms with Gasteiger partial charge in [-0.25, -0.2) is 18.7 Å². The molecule has 4 rings (SSSR count). The summed E-state index contributed by atoms with van der Waals surface area (Å²) in [6.45, 7) is 7.54. The van der Waals surface area contributed by atoms with Crippen molar-refractivity contribution >= 4 is 29.0 Å². The summed E-state index contributed by atoms with van der Waals surface area (Å²) in [5, 5.41) is 15.7. The summed E-state index contributed by atoms with van der Waals surface area (Å²) in [5.41, 5.74) is -1.36. The van der Waals surface area contributed by atoms with E-state index in [1.807, 2.05) is 13.8 Å². The number of carbonyl (C=O) groups excluding carboxylic acids is 2. The van der Waals surface area contributed by atoms with Gasteiger partial charge in [-0.15, -0.1) is 11.3 Å². The molecule has 2 atom stereocenters. The molecule has 1 aliphatic carbocycles. The van der Waals surface area contributed by atoms with Crippen LogP contribution in [0.15, 0.2) is 12.3 Å². The van der Waals surface area contributed by atoms with Crippen molar-refractivity contribution in [3.8, 4) is 10.4 Å². The number of likely N-dealkylation sites (tertiary alicyclic amines) is 1. The first-order chi connectivity index (χ1) is 16.9. The van der Waals surface area contributed by atoms with Crippen LogP contribution in [0.2, 0.25) is 0 Å². The third-order valence-corrected chi connectivity index (χ3v) is 7.73. The summed E-state index contributed by atoms with van der Waals surface area (Å²) in [6.07, 6.45) is 2.41. The second kappa shape index (κ2) is 10.4. The molecular weight excluding hydrogens is 488 g/mol. The Balaban J connectivity index is 1.73. The molecule has 0 aromatic carbocycles. The van der Waals surface area contributed by atoms with Crippen molar-refractivity contribution in [1.29, 1.82) is 0 Å². The number of carbonyl (C=O) groups is 2. The number of pyridine rings is 1. The van der Waals surface area contributed by atoms with Crippen LogP contribution >= 0.6 is 11.3 Å². The van der Waals surface area contributed by atoms with Gasteiger partial charge < -0.3 is 20.6 Å². The first-order valence-electron chi connectivity index (χ1n) is 12.3. The maximum Gasteiger partial charge on any atom is 0.280 e. The molecule has 36 heavy (non-hydrogen) atoms. The number of aromatic nitrogens is 2. The van der Waals surface area contributed by atoms with Gasteiger partial charge in [0.1, 0.15) is 11.5 Å². The van der Waals surface area contributed by atoms with Crippen LogP contribution in [0.4, 0.5) is 14.6 Å². The number of halogens is 2. The van der Waals surface area contributed by atoms with Crippen LogP contribution < -0.4 is 10.6 Å². The van der Waals surface area contributed by atoms with Gasteiger partial charge in [0.05, 0.1) is 10.5 Å². The summed E-state index contributed by atoms with van der Waals surface area (Å²) >= 11 is 0.880. The standard InChI is InChI=1S/C25H33F2N5O3S/c1-13-6-5-9-32(13)24(34)19-20(36-23(31-19)22(33)29-12-25(3,4)35)17-11-28-18(10-16(17)21(26)27)30-14(2)15-7-8-15/h10-11,13-15,21,35H,5-9,12H2,1-4H3,(H,28,30)(H,29,33). The topological polar surface area (TPSA) is 107 Å². The monoisotopic (exact) mass is 521 g/mol. The Morgan fingerprint density at radius 2 is 2.03 bits per heavy atom. The highest BCUT2D eigenvalue weighted by molar-refractivity contribution is 7.17. The minimum Gasteiger partial charge on any atom is -0.389 e. The number of hydrogen-bond acceptors (Lipinski definition) is 7. The minimum absolute atomic E-state index is 0.0114. The lowest BCUT2D eigenvalue weighted by Crippen LogP contribution is -2.38. The molecule has 11 heteroatoms. The zero-order chi connectivity index (χ0) is 26.2. The van der Waals surface area contributed by atoms with Gasteiger partial charge in [-0.1, -0.05) is 0 Å². The van der Waals surface area contributed by atoms with E-state index in [4.69, 9.17) is 0 Å². The second-order valence-corrected chi connectivity index (χ2v) is 11.4. The van der Waals surface area contributed by atoms with Crippen LogP contribution in [-0.2, 0) is 0 Å². The van der Waals surface area contributed by atoms with Crippen LogP contribution in [0.3, 0.4) is 0 Å². The van der Waals surface area contributed by atoms with Crippen LogP contribution in [0.1, 0.15) is 85.7 Å². The number of anilines is 1. The Kier molecular flexibility index (Phi) is 7.61. The van der Waals surface area contributed by atoms with Crippen LogP contribution in [-0.4, -0.2) is 62.6 Å². The van der Waals surface area contributed by atoms with E-state index < -0.39 is 23.8 Å². The van der Waals surface area contributed by atoms with E-state index in [1.54, 1.807) is 18.7 Å². The highest BCUT2D eigenvalue weighted by atomic mass is 32.1. The van der Waals surface area contributed by atoms with E-state index in [2.05, 4.69) is 20.6 Å². The Morgan fingerprint density at radius 3 is 2.61 bits per heavy atom. The van der Waals surface area contributed by atoms with E-state index >= 15 is 0 Å². The lowest BCUT2D eigenvalue weighted by Gasteiger charge is -2.21. The lowest BCUT2D eigenvalue weighted by molar-refractivity contribution is 0.0692. The molecule has 2 unspecified atom stereocenters. The smallest absolute Gasteiger partial charge is 0.280 e. The quantitative estimate of drug-likeness (QED) is 0.449. The average molecular weight is 522 g/mol. The van der Waals surface area contributed by atoms with Gasteiger partial charge in [-0.2, -0.15) is 0 Å². The Morgan fingerprint density at radius 1 is 1.31 bits per heavy atom. The fourth-order valence-electron chi connectivity index (χ4n) is 4.36. The first kappa shape index (κ1) is 26.4. The zero-order valence-electron chi connectivity index (χ0n) is 21.0. The van der Waals surface area contributed by atoms with Gasteiger partial charge in [0.2, 0.25) is 0 Å². The molecule has 2 aromatic heterocycles. The SMILES string of the molecule is CC(Nc1cc(C(F)F)c(-c2sc(C(=O)NCC(C)(C)O)nc2C(=O)N2CCCC2C)cn1)C1CC1. The Bertz CT molecular complexity index is 1130. The number of rotatable bonds is 9. The molecule has 2 aliphatic rings. The summed E-state index contributed by atoms with van der Waals surface area (Å²) in [6, 6.07) is 1.43. The van der Waals surface area contributed by atoms with Crippen LogP contribution in [0.5, 0.6) is 0 Å². The molecule has 0 spiro atoms. The molecule has 1 aliphatic heterocycles. The van der Waals surface area contributed by atoms with Crippen molar-refractivity contribution in [1.82, 2.24) is 20.2 Å². The molecule has 0 bridgehead atoms. The van der Waals surface area contributed by atoms with Crippen molar-refractivity contribution in [3.63, 3.8) is 0 Å². The maximum atomic E-state index is 14.2. The fourth-order valence-corrected chi connectivity index (χ4v) is 5.36. The minimum atomic E-state index is -2.82. The summed E-state index contributed by atoms with van der Waals surface area (Å²) < 4.78 is 28.5. The fraction of sp³-hybridized carbons (Fsp3) is 0.600. The molecule has 3 N–H and O–H groups in total. The summed E-state index contributed by atoms with van der Waals surface area (Å²) in [7, 11) is 0. The van der Waals surface area contributed by atoms with Crippen molar-refractivity contribution < 1.29 is 23.5 Å². The molecule has 1 saturated carbocycles. The Hall–Kier alpha value is -2.66. The molecule has 196 valence electrons. The molecule has 1 saturated heterocycles. The maximum absolute atomic E-state index is 14.2. The summed E-state index contributed by atoms with van der Waals surface area (Å²) in [4.78, 5) is 36.8. The van der Waals surface area contributed by atoms with Gasteiger partial charge in [0.15, 0.2) is 5.01 Å². The predicted molar refractivity (Wildman–Crippen MR) is 134 cm³/mol. The van der Waals surface area contributed by atoms with E-state index in [0.29, 0.717) is 18.3 Å². The number of thiazole rings is 1. The number of hydrogen-bond donors (Lipinski definition) is 3. The third kappa shape index (κ3) is 6.00. The molecular formula is C25H33F2N5O3S. The molecule has 2 amide bonds. The highest BCUT2D eigenvalue weighted by Crippen LogP contribution is 2.39. The van der Waals surface area contributed by atoms with Crippen LogP contribution in [0, 0.1) is 5.92 Å². The largest absolute Gasteiger partial charge is 0.389 e. The molecule has 2 fully saturated rings. The van der Waals surface area contributed by atoms with E-state index in [-0.39, 0.29) is 45.3 Å². The number of nitrogens with zero attached hydrogens (tertiary/aromatic N) is 3. The third-order valence-electron chi connectivity index (χ3n) is 6.64. The van der Waals surface area contributed by atoms with Crippen LogP contribution in [0.25, 0.3) is 10.4 Å². The van der Waals surface area contributed by atoms with Gasteiger partial charge in [0, 0.05) is 42.5 Å². The average Bonchev–Trinajstić information content (AvgIpc) is 3.44. The van der Waals surface area contributed by atoms with E-state index in [9.17, 15) is 23.5 Å². The van der Waals surface area contributed by atoms with Gasteiger partial charge >= 0.3 is 0 Å². The van der Waals surface area contributed by atoms with E-state index in [1.165, 1.54) is 12.3 Å². The molecule has 8 nitrogen and oxygen atoms in total. The number of aliphatic hydroxyl groups is 1. The first-order valence-corrected chi connectivity index (χ1v) is 13.1. The van der Waals surface area contributed by atoms with Crippen molar-refractivity contribution in [2.75, 3.05) is 18.4 Å². The molecule has 3 heterocycles. The van der Waals surface area contributed by atoms with Gasteiger partial charge in [-0.05, 0) is 65.4 Å². The van der Waals surface area contributed by atoms with Gasteiger partial charge in [0.25, 0.3) is 18.2 Å². The van der Waals surface area contributed by atoms with Crippen molar-refractivity contribution in [2.24, 2.45) is 5.92 Å². The molecule has 2 aromatic rings. The Labute approximate surface area is 213 Å². The molecule has 0 radical (unpaired) electrons.